The van der Waals surface area contributed by atoms with Crippen LogP contribution in [0.5, 0.6) is 5.75 Å². The number of rotatable bonds is 5. The fourth-order valence-corrected chi connectivity index (χ4v) is 1.77. The molecule has 0 aliphatic rings. The Hall–Kier alpha value is -2.08. The summed E-state index contributed by atoms with van der Waals surface area (Å²) < 4.78 is 6.65. The molecule has 0 saturated carbocycles. The molecule has 1 aromatic heterocycles. The smallest absolute Gasteiger partial charge is 0.343 e. The maximum atomic E-state index is 11.5. The van der Waals surface area contributed by atoms with Gasteiger partial charge < -0.3 is 10.5 Å². The molecular formula is C12H16N4O2. The number of aryl methyl sites for hydroxylation is 1. The van der Waals surface area contributed by atoms with Crippen molar-refractivity contribution in [1.82, 2.24) is 14.8 Å². The van der Waals surface area contributed by atoms with Crippen molar-refractivity contribution in [1.29, 1.82) is 0 Å². The highest BCUT2D eigenvalue weighted by atomic mass is 16.5. The maximum absolute atomic E-state index is 11.5. The largest absolute Gasteiger partial charge is 0.497 e. The number of hydrogen-bond donors (Lipinski definition) is 2. The standard InChI is InChI=1S/C12H16N4O2/c1-18-10-4-2-9(3-5-10)6-7-16-11(8-13)14-15-12(16)17/h2-5H,6-8,13H2,1H3,(H,15,17). The Labute approximate surface area is 104 Å². The minimum atomic E-state index is -0.219. The molecule has 0 atom stereocenters. The van der Waals surface area contributed by atoms with Crippen LogP contribution in [0.1, 0.15) is 11.4 Å². The van der Waals surface area contributed by atoms with Crippen molar-refractivity contribution in [2.24, 2.45) is 5.73 Å². The van der Waals surface area contributed by atoms with Gasteiger partial charge >= 0.3 is 5.69 Å². The predicted octanol–water partition coefficient (Wildman–Crippen LogP) is 0.281. The number of ether oxygens (including phenoxy) is 1. The number of benzene rings is 1. The lowest BCUT2D eigenvalue weighted by atomic mass is 10.1. The third-order valence-electron chi connectivity index (χ3n) is 2.80. The molecule has 0 bridgehead atoms. The first-order valence-corrected chi connectivity index (χ1v) is 5.71. The van der Waals surface area contributed by atoms with Gasteiger partial charge in [-0.1, -0.05) is 12.1 Å². The van der Waals surface area contributed by atoms with Gasteiger partial charge in [0, 0.05) is 6.54 Å². The Morgan fingerprint density at radius 2 is 2.11 bits per heavy atom. The topological polar surface area (TPSA) is 85.9 Å². The van der Waals surface area contributed by atoms with E-state index in [0.29, 0.717) is 12.4 Å². The number of aromatic nitrogens is 3. The molecule has 0 unspecified atom stereocenters. The Morgan fingerprint density at radius 3 is 2.72 bits per heavy atom. The quantitative estimate of drug-likeness (QED) is 0.796. The normalized spacial score (nSPS) is 10.6. The Balaban J connectivity index is 2.06. The molecule has 0 saturated heterocycles. The average Bonchev–Trinajstić information content (AvgIpc) is 2.77. The van der Waals surface area contributed by atoms with Crippen LogP contribution in [-0.2, 0) is 19.5 Å². The molecule has 0 radical (unpaired) electrons. The number of aromatic amines is 1. The third-order valence-corrected chi connectivity index (χ3v) is 2.80. The Kier molecular flexibility index (Phi) is 3.78. The summed E-state index contributed by atoms with van der Waals surface area (Å²) in [6, 6.07) is 7.76. The molecule has 6 heteroatoms. The van der Waals surface area contributed by atoms with Crippen molar-refractivity contribution in [3.63, 3.8) is 0 Å². The first-order chi connectivity index (χ1) is 8.74. The summed E-state index contributed by atoms with van der Waals surface area (Å²) in [6.07, 6.45) is 0.746. The van der Waals surface area contributed by atoms with Crippen molar-refractivity contribution in [2.45, 2.75) is 19.5 Å². The summed E-state index contributed by atoms with van der Waals surface area (Å²) in [7, 11) is 1.63. The van der Waals surface area contributed by atoms with Crippen molar-refractivity contribution in [2.75, 3.05) is 7.11 Å². The molecule has 1 heterocycles. The SMILES string of the molecule is COc1ccc(CCn2c(CN)n[nH]c2=O)cc1. The van der Waals surface area contributed by atoms with Gasteiger partial charge in [-0.25, -0.2) is 9.89 Å². The minimum Gasteiger partial charge on any atom is -0.497 e. The molecule has 1 aromatic carbocycles. The van der Waals surface area contributed by atoms with Crippen LogP contribution in [0.3, 0.4) is 0 Å². The van der Waals surface area contributed by atoms with E-state index >= 15 is 0 Å². The van der Waals surface area contributed by atoms with Crippen molar-refractivity contribution >= 4 is 0 Å². The van der Waals surface area contributed by atoms with Gasteiger partial charge in [0.25, 0.3) is 0 Å². The van der Waals surface area contributed by atoms with Gasteiger partial charge in [0.15, 0.2) is 0 Å². The molecule has 0 fully saturated rings. The van der Waals surface area contributed by atoms with Gasteiger partial charge in [0.05, 0.1) is 13.7 Å². The number of methoxy groups -OCH3 is 1. The third kappa shape index (κ3) is 2.60. The van der Waals surface area contributed by atoms with E-state index in [1.54, 1.807) is 11.7 Å². The molecule has 0 spiro atoms. The Morgan fingerprint density at radius 1 is 1.39 bits per heavy atom. The average molecular weight is 248 g/mol. The summed E-state index contributed by atoms with van der Waals surface area (Å²) in [4.78, 5) is 11.5. The molecule has 2 aromatic rings. The molecule has 18 heavy (non-hydrogen) atoms. The zero-order valence-corrected chi connectivity index (χ0v) is 10.2. The maximum Gasteiger partial charge on any atom is 0.343 e. The van der Waals surface area contributed by atoms with Gasteiger partial charge in [-0.2, -0.15) is 5.10 Å². The van der Waals surface area contributed by atoms with Crippen LogP contribution in [0.25, 0.3) is 0 Å². The summed E-state index contributed by atoms with van der Waals surface area (Å²) in [5.41, 5.74) is 6.42. The highest BCUT2D eigenvalue weighted by Crippen LogP contribution is 2.12. The Bertz CT molecular complexity index is 556. The van der Waals surface area contributed by atoms with E-state index in [-0.39, 0.29) is 12.2 Å². The molecule has 0 amide bonds. The molecule has 96 valence electrons. The zero-order chi connectivity index (χ0) is 13.0. The molecule has 0 aliphatic carbocycles. The number of nitrogens with two attached hydrogens (primary N) is 1. The van der Waals surface area contributed by atoms with E-state index in [1.807, 2.05) is 24.3 Å². The monoisotopic (exact) mass is 248 g/mol. The van der Waals surface area contributed by atoms with Crippen LogP contribution in [0.2, 0.25) is 0 Å². The second-order valence-electron chi connectivity index (χ2n) is 3.90. The number of H-pyrrole nitrogens is 1. The van der Waals surface area contributed by atoms with Crippen LogP contribution in [0, 0.1) is 0 Å². The molecule has 2 rings (SSSR count). The summed E-state index contributed by atoms with van der Waals surface area (Å²) in [5, 5.41) is 6.25. The first kappa shape index (κ1) is 12.4. The molecular weight excluding hydrogens is 232 g/mol. The lowest BCUT2D eigenvalue weighted by Crippen LogP contribution is -2.21. The second kappa shape index (κ2) is 5.50. The lowest BCUT2D eigenvalue weighted by molar-refractivity contribution is 0.414. The van der Waals surface area contributed by atoms with Gasteiger partial charge in [-0.05, 0) is 24.1 Å². The van der Waals surface area contributed by atoms with Gasteiger partial charge in [0.1, 0.15) is 11.6 Å². The van der Waals surface area contributed by atoms with Crippen molar-refractivity contribution in [3.05, 3.63) is 46.1 Å². The molecule has 3 N–H and O–H groups in total. The van der Waals surface area contributed by atoms with E-state index < -0.39 is 0 Å². The van der Waals surface area contributed by atoms with E-state index in [0.717, 1.165) is 17.7 Å². The highest BCUT2D eigenvalue weighted by Gasteiger charge is 2.06. The van der Waals surface area contributed by atoms with E-state index in [2.05, 4.69) is 10.2 Å². The fraction of sp³-hybridized carbons (Fsp3) is 0.333. The lowest BCUT2D eigenvalue weighted by Gasteiger charge is -2.05. The molecule has 6 nitrogen and oxygen atoms in total. The summed E-state index contributed by atoms with van der Waals surface area (Å²) in [5.74, 6) is 1.40. The molecule has 0 aliphatic heterocycles. The minimum absolute atomic E-state index is 0.219. The van der Waals surface area contributed by atoms with E-state index in [4.69, 9.17) is 10.5 Å². The predicted molar refractivity (Wildman–Crippen MR) is 67.4 cm³/mol. The van der Waals surface area contributed by atoms with Crippen LogP contribution < -0.4 is 16.2 Å². The second-order valence-corrected chi connectivity index (χ2v) is 3.90. The van der Waals surface area contributed by atoms with Crippen LogP contribution in [-0.4, -0.2) is 21.9 Å². The van der Waals surface area contributed by atoms with Crippen LogP contribution in [0.4, 0.5) is 0 Å². The van der Waals surface area contributed by atoms with Crippen molar-refractivity contribution < 1.29 is 4.74 Å². The number of hydrogen-bond acceptors (Lipinski definition) is 4. The zero-order valence-electron chi connectivity index (χ0n) is 10.2. The highest BCUT2D eigenvalue weighted by molar-refractivity contribution is 5.27. The van der Waals surface area contributed by atoms with Gasteiger partial charge in [-0.15, -0.1) is 0 Å². The van der Waals surface area contributed by atoms with Gasteiger partial charge in [0.2, 0.25) is 0 Å². The van der Waals surface area contributed by atoms with Crippen LogP contribution in [0.15, 0.2) is 29.1 Å². The van der Waals surface area contributed by atoms with Crippen molar-refractivity contribution in [3.8, 4) is 5.75 Å². The number of nitrogens with one attached hydrogen (secondary N) is 1. The van der Waals surface area contributed by atoms with Crippen LogP contribution >= 0.6 is 0 Å². The summed E-state index contributed by atoms with van der Waals surface area (Å²) in [6.45, 7) is 0.815. The summed E-state index contributed by atoms with van der Waals surface area (Å²) >= 11 is 0. The van der Waals surface area contributed by atoms with E-state index in [9.17, 15) is 4.79 Å². The van der Waals surface area contributed by atoms with E-state index in [1.165, 1.54) is 0 Å². The fourth-order valence-electron chi connectivity index (χ4n) is 1.77. The first-order valence-electron chi connectivity index (χ1n) is 5.71. The number of nitrogens with zero attached hydrogens (tertiary/aromatic N) is 2. The van der Waals surface area contributed by atoms with Gasteiger partial charge in [-0.3, -0.25) is 4.57 Å².